The van der Waals surface area contributed by atoms with Crippen LogP contribution in [0.1, 0.15) is 56.8 Å². The molecule has 40 heavy (non-hydrogen) atoms. The van der Waals surface area contributed by atoms with Gasteiger partial charge in [0.15, 0.2) is 0 Å². The molecule has 6 nitrogen and oxygen atoms in total. The van der Waals surface area contributed by atoms with E-state index in [1.54, 1.807) is 11.8 Å². The highest BCUT2D eigenvalue weighted by Gasteiger charge is 2.40. The van der Waals surface area contributed by atoms with Gasteiger partial charge in [0.05, 0.1) is 30.2 Å². The third kappa shape index (κ3) is 6.88. The Labute approximate surface area is 233 Å². The monoisotopic (exact) mass is 588 g/mol. The molecule has 2 aliphatic heterocycles. The Balaban J connectivity index is 1.71. The first-order valence-corrected chi connectivity index (χ1v) is 15.2. The molecule has 0 bridgehead atoms. The Morgan fingerprint density at radius 1 is 1.05 bits per heavy atom. The van der Waals surface area contributed by atoms with Gasteiger partial charge >= 0.3 is 0 Å². The summed E-state index contributed by atoms with van der Waals surface area (Å²) in [5.41, 5.74) is -1.28. The van der Waals surface area contributed by atoms with Crippen molar-refractivity contribution in [3.8, 4) is 0 Å². The molecule has 2 atom stereocenters. The van der Waals surface area contributed by atoms with E-state index in [9.17, 15) is 17.2 Å². The van der Waals surface area contributed by atoms with Gasteiger partial charge in [-0.1, -0.05) is 0 Å². The van der Waals surface area contributed by atoms with Crippen LogP contribution < -0.4 is 10.0 Å². The van der Waals surface area contributed by atoms with Gasteiger partial charge in [-0.2, -0.15) is 0 Å². The van der Waals surface area contributed by atoms with Crippen LogP contribution in [0, 0.1) is 17.5 Å². The van der Waals surface area contributed by atoms with Gasteiger partial charge in [-0.15, -0.1) is 0 Å². The summed E-state index contributed by atoms with van der Waals surface area (Å²) >= 11 is 0. The van der Waals surface area contributed by atoms with Crippen LogP contribution in [0.4, 0.5) is 33.3 Å². The number of sulfonamides is 1. The topological polar surface area (TPSA) is 64.7 Å². The van der Waals surface area contributed by atoms with Crippen molar-refractivity contribution < 1.29 is 30.4 Å². The molecule has 2 aromatic rings. The van der Waals surface area contributed by atoms with Gasteiger partial charge in [0, 0.05) is 43.5 Å². The predicted molar refractivity (Wildman–Crippen MR) is 147 cm³/mol. The molecule has 0 amide bonds. The fourth-order valence-electron chi connectivity index (χ4n) is 5.55. The molecule has 222 valence electrons. The second kappa shape index (κ2) is 11.8. The number of benzene rings is 2. The minimum Gasteiger partial charge on any atom is -0.380 e. The number of hydrogen-bond donors (Lipinski definition) is 2. The van der Waals surface area contributed by atoms with Crippen molar-refractivity contribution in [2.75, 3.05) is 48.6 Å². The predicted octanol–water partition coefficient (Wildman–Crippen LogP) is 5.41. The zero-order valence-corrected chi connectivity index (χ0v) is 24.0. The van der Waals surface area contributed by atoms with Gasteiger partial charge in [0.25, 0.3) is 0 Å². The molecule has 12 heteroatoms. The molecule has 0 unspecified atom stereocenters. The Kier molecular flexibility index (Phi) is 9.01. The largest absolute Gasteiger partial charge is 0.380 e. The highest BCUT2D eigenvalue weighted by atomic mass is 32.2. The average Bonchev–Trinajstić information content (AvgIpc) is 2.82. The van der Waals surface area contributed by atoms with Crippen LogP contribution in [0.2, 0.25) is 0 Å². The number of rotatable bonds is 11. The van der Waals surface area contributed by atoms with Crippen molar-refractivity contribution in [1.29, 1.82) is 0 Å². The smallest absolute Gasteiger partial charge is 0.232 e. The third-order valence-corrected chi connectivity index (χ3v) is 8.72. The molecule has 0 spiro atoms. The molecule has 2 N–H and O–H groups in total. The van der Waals surface area contributed by atoms with Crippen LogP contribution in [0.15, 0.2) is 24.3 Å². The van der Waals surface area contributed by atoms with Crippen LogP contribution >= 0.6 is 0 Å². The van der Waals surface area contributed by atoms with Gasteiger partial charge in [0.2, 0.25) is 10.0 Å². The number of nitrogens with zero attached hydrogens (tertiary/aromatic N) is 2. The van der Waals surface area contributed by atoms with E-state index in [2.05, 4.69) is 10.0 Å². The number of fused-ring (bicyclic) bond motifs is 1. The summed E-state index contributed by atoms with van der Waals surface area (Å²) in [6.45, 7) is 7.25. The Morgan fingerprint density at radius 2 is 1.70 bits per heavy atom. The third-order valence-electron chi connectivity index (χ3n) is 7.43. The minimum atomic E-state index is -3.77. The maximum atomic E-state index is 15.7. The normalized spacial score (nSPS) is 20.7. The molecule has 0 saturated carbocycles. The molecular weight excluding hydrogens is 551 g/mol. The summed E-state index contributed by atoms with van der Waals surface area (Å²) in [5.74, 6) is -2.87. The van der Waals surface area contributed by atoms with E-state index in [0.717, 1.165) is 6.07 Å². The zero-order valence-electron chi connectivity index (χ0n) is 23.2. The van der Waals surface area contributed by atoms with Crippen LogP contribution in [-0.4, -0.2) is 74.6 Å². The Hall–Kier alpha value is -2.44. The summed E-state index contributed by atoms with van der Waals surface area (Å²) in [7, 11) is -3.77. The van der Waals surface area contributed by atoms with E-state index >= 15 is 13.2 Å². The van der Waals surface area contributed by atoms with Crippen LogP contribution in [0.25, 0.3) is 0 Å². The Bertz CT molecular complexity index is 1310. The van der Waals surface area contributed by atoms with E-state index in [1.165, 1.54) is 39.0 Å². The number of alkyl halides is 2. The molecule has 0 aliphatic carbocycles. The molecule has 2 aromatic carbocycles. The number of nitrogens with one attached hydrogen (secondary N) is 2. The van der Waals surface area contributed by atoms with Crippen molar-refractivity contribution in [2.45, 2.75) is 64.3 Å². The fourth-order valence-corrected chi connectivity index (χ4v) is 6.18. The molecule has 0 aromatic heterocycles. The average molecular weight is 589 g/mol. The molecule has 1 saturated heterocycles. The van der Waals surface area contributed by atoms with E-state index in [-0.39, 0.29) is 40.8 Å². The lowest BCUT2D eigenvalue weighted by Gasteiger charge is -2.44. The summed E-state index contributed by atoms with van der Waals surface area (Å²) in [4.78, 5) is 3.67. The maximum absolute atomic E-state index is 15.7. The van der Waals surface area contributed by atoms with Gasteiger partial charge < -0.3 is 5.32 Å². The van der Waals surface area contributed by atoms with E-state index in [1.807, 2.05) is 4.90 Å². The SMILES string of the molecule is CCS(=O)(=O)Nc1cc2c(cc1F)[C@@H](c1c(F)cc(NC3CN(CCCF)C3)cc1F)N(CC(C)(C)F)[C@H](C)C2. The van der Waals surface area contributed by atoms with Gasteiger partial charge in [-0.25, -0.2) is 26.0 Å². The second-order valence-electron chi connectivity index (χ2n) is 11.4. The summed E-state index contributed by atoms with van der Waals surface area (Å²) in [6.07, 6.45) is 0.733. The number of hydrogen-bond acceptors (Lipinski definition) is 5. The molecular formula is C28H37F5N4O2S. The lowest BCUT2D eigenvalue weighted by Crippen LogP contribution is -2.54. The fraction of sp³-hybridized carbons (Fsp3) is 0.571. The lowest BCUT2D eigenvalue weighted by atomic mass is 9.83. The zero-order chi connectivity index (χ0) is 29.4. The standard InChI is InChI=1S/C28H37F5N4O2S/c1-5-40(38,39)35-25-10-18-9-17(2)37(16-28(3,4)33)27(21(18)13-22(25)30)26-23(31)11-19(12-24(26)32)34-20-14-36(15-20)8-6-7-29/h10-13,17,20,27,34-35H,5-9,14-16H2,1-4H3/t17-,27+/m1/s1. The summed E-state index contributed by atoms with van der Waals surface area (Å²) in [5, 5.41) is 3.10. The van der Waals surface area contributed by atoms with Crippen molar-refractivity contribution in [3.05, 3.63) is 58.4 Å². The van der Waals surface area contributed by atoms with Crippen LogP contribution in [0.5, 0.6) is 0 Å². The summed E-state index contributed by atoms with van der Waals surface area (Å²) < 4.78 is 100. The minimum absolute atomic E-state index is 0.0389. The first kappa shape index (κ1) is 30.5. The maximum Gasteiger partial charge on any atom is 0.232 e. The van der Waals surface area contributed by atoms with Crippen molar-refractivity contribution in [1.82, 2.24) is 9.80 Å². The highest BCUT2D eigenvalue weighted by molar-refractivity contribution is 7.92. The van der Waals surface area contributed by atoms with Crippen molar-refractivity contribution in [2.24, 2.45) is 0 Å². The molecule has 0 radical (unpaired) electrons. The van der Waals surface area contributed by atoms with Gasteiger partial charge in [-0.3, -0.25) is 18.9 Å². The second-order valence-corrected chi connectivity index (χ2v) is 13.4. The van der Waals surface area contributed by atoms with E-state index < -0.39 is 51.9 Å². The summed E-state index contributed by atoms with van der Waals surface area (Å²) in [6, 6.07) is 3.23. The van der Waals surface area contributed by atoms with Crippen molar-refractivity contribution in [3.63, 3.8) is 0 Å². The molecule has 4 rings (SSSR count). The van der Waals surface area contributed by atoms with Crippen LogP contribution in [-0.2, 0) is 16.4 Å². The van der Waals surface area contributed by atoms with Gasteiger partial charge in [0.1, 0.15) is 23.1 Å². The van der Waals surface area contributed by atoms with E-state index in [4.69, 9.17) is 0 Å². The molecule has 1 fully saturated rings. The van der Waals surface area contributed by atoms with E-state index in [0.29, 0.717) is 38.0 Å². The molecule has 2 aliphatic rings. The highest BCUT2D eigenvalue weighted by Crippen LogP contribution is 2.43. The number of anilines is 2. The number of halogens is 5. The van der Waals surface area contributed by atoms with Crippen LogP contribution in [0.3, 0.4) is 0 Å². The quantitative estimate of drug-likeness (QED) is 0.344. The molecule has 2 heterocycles. The lowest BCUT2D eigenvalue weighted by molar-refractivity contribution is 0.0651. The first-order valence-electron chi connectivity index (χ1n) is 13.5. The number of likely N-dealkylation sites (tertiary alicyclic amines) is 1. The Morgan fingerprint density at radius 3 is 2.27 bits per heavy atom. The van der Waals surface area contributed by atoms with Gasteiger partial charge in [-0.05, 0) is 75.9 Å². The first-order chi connectivity index (χ1) is 18.7. The van der Waals surface area contributed by atoms with Crippen molar-refractivity contribution >= 4 is 21.4 Å².